The maximum absolute atomic E-state index is 9.69. The second-order valence-electron chi connectivity index (χ2n) is 6.41. The van der Waals surface area contributed by atoms with Gasteiger partial charge >= 0.3 is 0 Å². The maximum Gasteiger partial charge on any atom is 0.129 e. The van der Waals surface area contributed by atoms with Crippen molar-refractivity contribution in [3.05, 3.63) is 35.9 Å². The summed E-state index contributed by atoms with van der Waals surface area (Å²) in [7, 11) is 0. The summed E-state index contributed by atoms with van der Waals surface area (Å²) in [5.74, 6) is 1.91. The van der Waals surface area contributed by atoms with Gasteiger partial charge in [-0.15, -0.1) is 0 Å². The minimum atomic E-state index is 0.0813. The van der Waals surface area contributed by atoms with Crippen LogP contribution in [0.5, 0.6) is 0 Å². The van der Waals surface area contributed by atoms with Gasteiger partial charge < -0.3 is 10.0 Å². The molecule has 1 saturated carbocycles. The minimum Gasteiger partial charge on any atom is -0.392 e. The van der Waals surface area contributed by atoms with Gasteiger partial charge in [-0.05, 0) is 42.9 Å². The Balaban J connectivity index is 1.76. The van der Waals surface area contributed by atoms with E-state index in [-0.39, 0.29) is 6.61 Å². The van der Waals surface area contributed by atoms with E-state index in [0.29, 0.717) is 6.04 Å². The fourth-order valence-corrected chi connectivity index (χ4v) is 4.20. The highest BCUT2D eigenvalue weighted by atomic mass is 16.3. The van der Waals surface area contributed by atoms with Crippen LogP contribution < -0.4 is 4.90 Å². The van der Waals surface area contributed by atoms with Crippen molar-refractivity contribution in [3.8, 4) is 0 Å². The molecule has 0 amide bonds. The Morgan fingerprint density at radius 3 is 2.90 bits per heavy atom. The number of para-hydroxylation sites is 1. The molecule has 4 rings (SSSR count). The molecule has 1 aliphatic carbocycles. The summed E-state index contributed by atoms with van der Waals surface area (Å²) >= 11 is 0. The van der Waals surface area contributed by atoms with Gasteiger partial charge in [0.15, 0.2) is 0 Å². The molecule has 0 bridgehead atoms. The van der Waals surface area contributed by atoms with Crippen LogP contribution in [0.25, 0.3) is 10.9 Å². The van der Waals surface area contributed by atoms with Crippen LogP contribution in [-0.2, 0) is 6.61 Å². The first-order valence-electron chi connectivity index (χ1n) is 8.13. The fourth-order valence-electron chi connectivity index (χ4n) is 4.20. The summed E-state index contributed by atoms with van der Waals surface area (Å²) in [6, 6.07) is 10.9. The number of aliphatic hydroxyl groups excluding tert-OH is 1. The number of hydrogen-bond donors (Lipinski definition) is 1. The fraction of sp³-hybridized carbons (Fsp3) is 0.500. The highest BCUT2D eigenvalue weighted by Gasteiger charge is 2.36. The smallest absolute Gasteiger partial charge is 0.129 e. The molecule has 1 aromatic carbocycles. The molecule has 0 spiro atoms. The average molecular weight is 282 g/mol. The molecule has 1 saturated heterocycles. The summed E-state index contributed by atoms with van der Waals surface area (Å²) in [5, 5.41) is 10.8. The third kappa shape index (κ3) is 2.20. The van der Waals surface area contributed by atoms with Gasteiger partial charge in [-0.3, -0.25) is 0 Å². The molecule has 0 radical (unpaired) electrons. The number of fused-ring (bicyclic) bond motifs is 2. The first-order valence-corrected chi connectivity index (χ1v) is 8.13. The van der Waals surface area contributed by atoms with Gasteiger partial charge in [-0.2, -0.15) is 0 Å². The number of aromatic nitrogens is 1. The Kier molecular flexibility index (Phi) is 3.30. The number of anilines is 1. The Labute approximate surface area is 125 Å². The number of nitrogens with zero attached hydrogens (tertiary/aromatic N) is 2. The number of rotatable bonds is 2. The number of aliphatic hydroxyl groups is 1. The van der Waals surface area contributed by atoms with Crippen molar-refractivity contribution in [2.45, 2.75) is 44.8 Å². The molecule has 2 aliphatic rings. The SMILES string of the molecule is OCc1cc(N2CCC3CCCCC32)nc2ccccc12. The topological polar surface area (TPSA) is 36.4 Å². The Morgan fingerprint density at radius 2 is 2.00 bits per heavy atom. The second kappa shape index (κ2) is 5.30. The summed E-state index contributed by atoms with van der Waals surface area (Å²) in [5.41, 5.74) is 1.99. The van der Waals surface area contributed by atoms with E-state index in [1.807, 2.05) is 24.3 Å². The molecule has 110 valence electrons. The average Bonchev–Trinajstić information content (AvgIpc) is 2.98. The normalized spacial score (nSPS) is 25.3. The van der Waals surface area contributed by atoms with E-state index in [0.717, 1.165) is 34.7 Å². The molecule has 3 heteroatoms. The largest absolute Gasteiger partial charge is 0.392 e. The molecule has 1 N–H and O–H groups in total. The van der Waals surface area contributed by atoms with E-state index >= 15 is 0 Å². The monoisotopic (exact) mass is 282 g/mol. The van der Waals surface area contributed by atoms with Crippen molar-refractivity contribution >= 4 is 16.7 Å². The number of pyridine rings is 1. The molecule has 2 aromatic rings. The summed E-state index contributed by atoms with van der Waals surface area (Å²) < 4.78 is 0. The van der Waals surface area contributed by atoms with Crippen LogP contribution in [0.2, 0.25) is 0 Å². The van der Waals surface area contributed by atoms with Crippen LogP contribution in [-0.4, -0.2) is 22.7 Å². The molecule has 2 heterocycles. The lowest BCUT2D eigenvalue weighted by Crippen LogP contribution is -2.35. The third-order valence-corrected chi connectivity index (χ3v) is 5.26. The first kappa shape index (κ1) is 13.1. The Morgan fingerprint density at radius 1 is 1.14 bits per heavy atom. The summed E-state index contributed by atoms with van der Waals surface area (Å²) in [4.78, 5) is 7.37. The highest BCUT2D eigenvalue weighted by molar-refractivity contribution is 5.84. The van der Waals surface area contributed by atoms with E-state index in [2.05, 4.69) is 11.0 Å². The van der Waals surface area contributed by atoms with E-state index in [1.54, 1.807) is 0 Å². The standard InChI is InChI=1S/C18H22N2O/c21-12-14-11-18(19-16-7-3-2-6-15(14)16)20-10-9-13-5-1-4-8-17(13)20/h2-3,6-7,11,13,17,21H,1,4-5,8-10,12H2. The quantitative estimate of drug-likeness (QED) is 0.916. The van der Waals surface area contributed by atoms with Crippen molar-refractivity contribution in [3.63, 3.8) is 0 Å². The molecule has 2 atom stereocenters. The van der Waals surface area contributed by atoms with Gasteiger partial charge in [0.1, 0.15) is 5.82 Å². The molecule has 1 aliphatic heterocycles. The van der Waals surface area contributed by atoms with Crippen molar-refractivity contribution in [1.29, 1.82) is 0 Å². The van der Waals surface area contributed by atoms with Crippen LogP contribution >= 0.6 is 0 Å². The Bertz CT molecular complexity index is 655. The van der Waals surface area contributed by atoms with E-state index in [1.165, 1.54) is 32.1 Å². The number of hydrogen-bond acceptors (Lipinski definition) is 3. The lowest BCUT2D eigenvalue weighted by Gasteiger charge is -2.32. The highest BCUT2D eigenvalue weighted by Crippen LogP contribution is 2.39. The molecule has 2 fully saturated rings. The molecule has 3 nitrogen and oxygen atoms in total. The van der Waals surface area contributed by atoms with Crippen molar-refractivity contribution in [1.82, 2.24) is 4.98 Å². The second-order valence-corrected chi connectivity index (χ2v) is 6.41. The predicted octanol–water partition coefficient (Wildman–Crippen LogP) is 3.50. The van der Waals surface area contributed by atoms with Crippen LogP contribution in [0.15, 0.2) is 30.3 Å². The summed E-state index contributed by atoms with van der Waals surface area (Å²) in [6.45, 7) is 1.20. The molecule has 2 unspecified atom stereocenters. The molecule has 21 heavy (non-hydrogen) atoms. The van der Waals surface area contributed by atoms with Gasteiger partial charge in [0.2, 0.25) is 0 Å². The number of benzene rings is 1. The van der Waals surface area contributed by atoms with Crippen LogP contribution in [0.3, 0.4) is 0 Å². The zero-order valence-corrected chi connectivity index (χ0v) is 12.3. The molecular weight excluding hydrogens is 260 g/mol. The van der Waals surface area contributed by atoms with Crippen molar-refractivity contribution in [2.24, 2.45) is 5.92 Å². The zero-order valence-electron chi connectivity index (χ0n) is 12.3. The van der Waals surface area contributed by atoms with E-state index < -0.39 is 0 Å². The minimum absolute atomic E-state index is 0.0813. The molecular formula is C18H22N2O. The van der Waals surface area contributed by atoms with Gasteiger partial charge in [0.25, 0.3) is 0 Å². The zero-order chi connectivity index (χ0) is 14.2. The first-order chi connectivity index (χ1) is 10.4. The van der Waals surface area contributed by atoms with Gasteiger partial charge in [-0.25, -0.2) is 4.98 Å². The maximum atomic E-state index is 9.69. The van der Waals surface area contributed by atoms with Gasteiger partial charge in [0.05, 0.1) is 12.1 Å². The molecule has 1 aromatic heterocycles. The third-order valence-electron chi connectivity index (χ3n) is 5.26. The van der Waals surface area contributed by atoms with Crippen molar-refractivity contribution in [2.75, 3.05) is 11.4 Å². The summed E-state index contributed by atoms with van der Waals surface area (Å²) in [6.07, 6.45) is 6.71. The van der Waals surface area contributed by atoms with Crippen molar-refractivity contribution < 1.29 is 5.11 Å². The lowest BCUT2D eigenvalue weighted by atomic mass is 9.85. The van der Waals surface area contributed by atoms with E-state index in [9.17, 15) is 5.11 Å². The van der Waals surface area contributed by atoms with Gasteiger partial charge in [0, 0.05) is 18.0 Å². The van der Waals surface area contributed by atoms with Crippen LogP contribution in [0, 0.1) is 5.92 Å². The predicted molar refractivity (Wildman–Crippen MR) is 85.4 cm³/mol. The van der Waals surface area contributed by atoms with E-state index in [4.69, 9.17) is 4.98 Å². The lowest BCUT2D eigenvalue weighted by molar-refractivity contribution is 0.283. The van der Waals surface area contributed by atoms with Crippen LogP contribution in [0.4, 0.5) is 5.82 Å². The Hall–Kier alpha value is -1.61. The van der Waals surface area contributed by atoms with Crippen LogP contribution in [0.1, 0.15) is 37.7 Å². The van der Waals surface area contributed by atoms with Gasteiger partial charge in [-0.1, -0.05) is 31.0 Å².